The lowest BCUT2D eigenvalue weighted by atomic mass is 9.92. The minimum absolute atomic E-state index is 0. The van der Waals surface area contributed by atoms with Gasteiger partial charge in [0.15, 0.2) is 0 Å². The summed E-state index contributed by atoms with van der Waals surface area (Å²) in [7, 11) is 4.64. The van der Waals surface area contributed by atoms with Crippen molar-refractivity contribution < 1.29 is 54.7 Å². The van der Waals surface area contributed by atoms with Crippen molar-refractivity contribution in [3.8, 4) is 0 Å². The largest absolute Gasteiger partial charge is 1.00 e. The number of halogens is 3. The fourth-order valence-electron chi connectivity index (χ4n) is 4.50. The molecule has 0 aliphatic heterocycles. The van der Waals surface area contributed by atoms with Gasteiger partial charge in [0.05, 0.1) is 73.4 Å². The maximum absolute atomic E-state index is 12.3. The van der Waals surface area contributed by atoms with Gasteiger partial charge in [-0.25, -0.2) is 8.78 Å². The lowest BCUT2D eigenvalue weighted by molar-refractivity contribution is -0.890. The number of alkyl halides is 2. The van der Waals surface area contributed by atoms with Gasteiger partial charge in [-0.2, -0.15) is 0 Å². The van der Waals surface area contributed by atoms with Crippen LogP contribution >= 0.6 is 0 Å². The monoisotopic (exact) mass is 647 g/mol. The van der Waals surface area contributed by atoms with E-state index in [1.807, 2.05) is 6.92 Å². The Hall–Kier alpha value is 0.1000. The molecule has 0 saturated heterocycles. The number of hydrogen-bond donors (Lipinski definition) is 2. The highest BCUT2D eigenvalue weighted by Gasteiger charge is 2.29. The van der Waals surface area contributed by atoms with Gasteiger partial charge in [0.25, 0.3) is 0 Å². The SMILES string of the molecule is CCCCCCCCCCCC[N+](C)(C)CCCCOCC(C)(CO)COCC(C)(CO)COCCC(F)F.[Br-]. The minimum Gasteiger partial charge on any atom is -1.00 e. The first-order valence-corrected chi connectivity index (χ1v) is 15.6. The fourth-order valence-corrected chi connectivity index (χ4v) is 4.50. The third-order valence-corrected chi connectivity index (χ3v) is 7.47. The van der Waals surface area contributed by atoms with Crippen LogP contribution in [0.1, 0.15) is 104 Å². The molecule has 0 radical (unpaired) electrons. The molecule has 0 aliphatic carbocycles. The van der Waals surface area contributed by atoms with Crippen LogP contribution in [-0.2, 0) is 14.2 Å². The van der Waals surface area contributed by atoms with E-state index in [-0.39, 0.29) is 63.0 Å². The molecule has 40 heavy (non-hydrogen) atoms. The standard InChI is InChI=1S/C31H64F2NO5.BrH/c1-6-7-8-9-10-11-12-13-14-15-19-34(4,5)20-16-17-21-37-25-30(2,23-35)27-39-28-31(3,24-36)26-38-22-18-29(32)33;/h29,35-36H,6-28H2,1-5H3;1H/q+1;/p-1. The zero-order valence-corrected chi connectivity index (χ0v) is 28.1. The van der Waals surface area contributed by atoms with Crippen LogP contribution in [0.5, 0.6) is 0 Å². The minimum atomic E-state index is -2.40. The zero-order chi connectivity index (χ0) is 29.5. The number of unbranched alkanes of at least 4 members (excludes halogenated alkanes) is 10. The summed E-state index contributed by atoms with van der Waals surface area (Å²) in [5.41, 5.74) is -1.23. The zero-order valence-electron chi connectivity index (χ0n) is 26.5. The van der Waals surface area contributed by atoms with E-state index in [2.05, 4.69) is 21.0 Å². The van der Waals surface area contributed by atoms with Crippen LogP contribution < -0.4 is 17.0 Å². The van der Waals surface area contributed by atoms with Crippen molar-refractivity contribution in [3.63, 3.8) is 0 Å². The van der Waals surface area contributed by atoms with Gasteiger partial charge in [-0.1, -0.05) is 72.1 Å². The Morgan fingerprint density at radius 1 is 0.625 bits per heavy atom. The first-order valence-electron chi connectivity index (χ1n) is 15.6. The molecule has 0 fully saturated rings. The number of aliphatic hydroxyl groups excluding tert-OH is 2. The maximum Gasteiger partial charge on any atom is 0.240 e. The van der Waals surface area contributed by atoms with Crippen molar-refractivity contribution in [2.45, 2.75) is 111 Å². The Kier molecular flexibility index (Phi) is 27.0. The molecule has 0 spiro atoms. The van der Waals surface area contributed by atoms with Crippen LogP contribution in [0, 0.1) is 10.8 Å². The smallest absolute Gasteiger partial charge is 0.240 e. The highest BCUT2D eigenvalue weighted by molar-refractivity contribution is 4.76. The van der Waals surface area contributed by atoms with Gasteiger partial charge in [-0.3, -0.25) is 0 Å². The fraction of sp³-hybridized carbons (Fsp3) is 1.00. The summed E-state index contributed by atoms with van der Waals surface area (Å²) in [6, 6.07) is 0. The Morgan fingerprint density at radius 3 is 1.48 bits per heavy atom. The van der Waals surface area contributed by atoms with Crippen LogP contribution in [0.15, 0.2) is 0 Å². The summed E-state index contributed by atoms with van der Waals surface area (Å²) < 4.78 is 42.6. The van der Waals surface area contributed by atoms with Crippen molar-refractivity contribution >= 4 is 0 Å². The van der Waals surface area contributed by atoms with Crippen LogP contribution in [0.3, 0.4) is 0 Å². The molecule has 2 unspecified atom stereocenters. The Balaban J connectivity index is 0. The first-order chi connectivity index (χ1) is 18.5. The predicted molar refractivity (Wildman–Crippen MR) is 156 cm³/mol. The number of aliphatic hydroxyl groups is 2. The average Bonchev–Trinajstić information content (AvgIpc) is 2.89. The lowest BCUT2D eigenvalue weighted by Crippen LogP contribution is -3.00. The first kappa shape index (κ1) is 42.2. The number of rotatable bonds is 29. The van der Waals surface area contributed by atoms with Gasteiger partial charge < -0.3 is 45.9 Å². The quantitative estimate of drug-likeness (QED) is 0.0962. The van der Waals surface area contributed by atoms with E-state index in [1.165, 1.54) is 70.8 Å². The Labute approximate surface area is 255 Å². The second-order valence-corrected chi connectivity index (χ2v) is 13.0. The van der Waals surface area contributed by atoms with Crippen molar-refractivity contribution in [3.05, 3.63) is 0 Å². The second kappa shape index (κ2) is 25.6. The predicted octanol–water partition coefficient (Wildman–Crippen LogP) is 3.47. The Morgan fingerprint density at radius 2 is 1.02 bits per heavy atom. The van der Waals surface area contributed by atoms with Crippen molar-refractivity contribution in [2.24, 2.45) is 10.8 Å². The topological polar surface area (TPSA) is 68.2 Å². The van der Waals surface area contributed by atoms with Gasteiger partial charge in [0.1, 0.15) is 0 Å². The van der Waals surface area contributed by atoms with Gasteiger partial charge in [0.2, 0.25) is 6.43 Å². The van der Waals surface area contributed by atoms with E-state index in [0.29, 0.717) is 13.2 Å². The van der Waals surface area contributed by atoms with E-state index in [4.69, 9.17) is 14.2 Å². The van der Waals surface area contributed by atoms with Crippen LogP contribution in [0.25, 0.3) is 0 Å². The van der Waals surface area contributed by atoms with Gasteiger partial charge in [0, 0.05) is 23.9 Å². The van der Waals surface area contributed by atoms with Crippen LogP contribution in [-0.4, -0.2) is 101 Å². The number of ether oxygens (including phenoxy) is 3. The van der Waals surface area contributed by atoms with Gasteiger partial charge in [-0.05, 0) is 25.7 Å². The summed E-state index contributed by atoms with van der Waals surface area (Å²) in [5.74, 6) is 0. The molecule has 0 aromatic rings. The van der Waals surface area contributed by atoms with E-state index < -0.39 is 17.3 Å². The summed E-state index contributed by atoms with van der Waals surface area (Å²) in [6.07, 6.45) is 13.1. The molecule has 0 aromatic carbocycles. The molecule has 0 aliphatic rings. The molecule has 0 amide bonds. The summed E-state index contributed by atoms with van der Waals surface area (Å²) in [4.78, 5) is 0. The maximum atomic E-state index is 12.3. The number of hydrogen-bond acceptors (Lipinski definition) is 5. The summed E-state index contributed by atoms with van der Waals surface area (Å²) >= 11 is 0. The molecular weight excluding hydrogens is 584 g/mol. The van der Waals surface area contributed by atoms with E-state index in [1.54, 1.807) is 6.92 Å². The lowest BCUT2D eigenvalue weighted by Gasteiger charge is -2.31. The van der Waals surface area contributed by atoms with E-state index in [0.717, 1.165) is 23.9 Å². The normalized spacial score (nSPS) is 15.2. The van der Waals surface area contributed by atoms with Gasteiger partial charge >= 0.3 is 0 Å². The third kappa shape index (κ3) is 24.7. The number of nitrogens with zero attached hydrogens (tertiary/aromatic N) is 1. The van der Waals surface area contributed by atoms with Crippen LogP contribution in [0.2, 0.25) is 0 Å². The molecular formula is C31H64BrF2NO5. The molecule has 9 heteroatoms. The highest BCUT2D eigenvalue weighted by Crippen LogP contribution is 2.22. The Bertz CT molecular complexity index is 562. The average molecular weight is 649 g/mol. The molecule has 2 N–H and O–H groups in total. The van der Waals surface area contributed by atoms with Crippen LogP contribution in [0.4, 0.5) is 8.78 Å². The molecule has 0 rings (SSSR count). The molecule has 0 heterocycles. The molecule has 2 atom stereocenters. The third-order valence-electron chi connectivity index (χ3n) is 7.47. The highest BCUT2D eigenvalue weighted by atomic mass is 79.9. The molecule has 0 aromatic heterocycles. The molecule has 0 saturated carbocycles. The van der Waals surface area contributed by atoms with Crippen molar-refractivity contribution in [2.75, 3.05) is 80.0 Å². The molecule has 6 nitrogen and oxygen atoms in total. The van der Waals surface area contributed by atoms with Gasteiger partial charge in [-0.15, -0.1) is 0 Å². The van der Waals surface area contributed by atoms with E-state index in [9.17, 15) is 19.0 Å². The number of quaternary nitrogens is 1. The summed E-state index contributed by atoms with van der Waals surface area (Å²) in [6.45, 7) is 9.69. The van der Waals surface area contributed by atoms with Crippen molar-refractivity contribution in [1.82, 2.24) is 0 Å². The van der Waals surface area contributed by atoms with Crippen molar-refractivity contribution in [1.29, 1.82) is 0 Å². The molecule has 244 valence electrons. The molecule has 0 bridgehead atoms. The summed E-state index contributed by atoms with van der Waals surface area (Å²) in [5, 5.41) is 19.6. The van der Waals surface area contributed by atoms with E-state index >= 15 is 0 Å². The second-order valence-electron chi connectivity index (χ2n) is 13.0.